The molecule has 18 heavy (non-hydrogen) atoms. The monoisotopic (exact) mass is 259 g/mol. The lowest BCUT2D eigenvalue weighted by Gasteiger charge is -2.19. The number of hydrogen-bond acceptors (Lipinski definition) is 5. The summed E-state index contributed by atoms with van der Waals surface area (Å²) in [5, 5.41) is 6.88. The maximum absolute atomic E-state index is 3.46. The van der Waals surface area contributed by atoms with E-state index in [1.54, 1.807) is 0 Å². The van der Waals surface area contributed by atoms with E-state index in [2.05, 4.69) is 60.6 Å². The summed E-state index contributed by atoms with van der Waals surface area (Å²) in [7, 11) is 10.6. The van der Waals surface area contributed by atoms with Crippen molar-refractivity contribution in [2.45, 2.75) is 0 Å². The summed E-state index contributed by atoms with van der Waals surface area (Å²) in [6.07, 6.45) is 0. The average molecular weight is 259 g/mol. The van der Waals surface area contributed by atoms with Crippen molar-refractivity contribution in [3.8, 4) is 0 Å². The summed E-state index contributed by atoms with van der Waals surface area (Å²) < 4.78 is 0. The molecule has 0 heterocycles. The predicted molar refractivity (Wildman–Crippen MR) is 80.3 cm³/mol. The van der Waals surface area contributed by atoms with Crippen molar-refractivity contribution >= 4 is 0 Å². The van der Waals surface area contributed by atoms with E-state index in [1.807, 2.05) is 0 Å². The van der Waals surface area contributed by atoms with Gasteiger partial charge in [-0.25, -0.2) is 0 Å². The molecule has 0 radical (unpaired) electrons. The van der Waals surface area contributed by atoms with Crippen LogP contribution in [0, 0.1) is 0 Å². The van der Waals surface area contributed by atoms with Crippen LogP contribution in [-0.4, -0.2) is 102 Å². The van der Waals surface area contributed by atoms with Gasteiger partial charge in [-0.15, -0.1) is 0 Å². The van der Waals surface area contributed by atoms with Crippen LogP contribution in [0.3, 0.4) is 0 Å². The molecule has 0 aromatic rings. The van der Waals surface area contributed by atoms with Gasteiger partial charge in [0, 0.05) is 52.4 Å². The van der Waals surface area contributed by atoms with Gasteiger partial charge < -0.3 is 25.3 Å². The Balaban J connectivity index is 3.15. The molecule has 0 rings (SSSR count). The fourth-order valence-corrected chi connectivity index (χ4v) is 1.48. The second-order valence-corrected chi connectivity index (χ2v) is 5.41. The molecule has 5 heteroatoms. The molecule has 0 aliphatic rings. The molecule has 0 atom stereocenters. The molecule has 0 saturated heterocycles. The molecule has 0 saturated carbocycles. The summed E-state index contributed by atoms with van der Waals surface area (Å²) in [4.78, 5) is 6.78. The first-order valence-electron chi connectivity index (χ1n) is 6.92. The van der Waals surface area contributed by atoms with Crippen molar-refractivity contribution in [1.29, 1.82) is 0 Å². The zero-order chi connectivity index (χ0) is 13.8. The van der Waals surface area contributed by atoms with Crippen LogP contribution >= 0.6 is 0 Å². The topological polar surface area (TPSA) is 33.8 Å². The Morgan fingerprint density at radius 3 is 1.56 bits per heavy atom. The molecule has 0 aliphatic carbocycles. The molecule has 0 aromatic carbocycles. The number of likely N-dealkylation sites (N-methyl/N-ethyl adjacent to an activating group) is 3. The summed E-state index contributed by atoms with van der Waals surface area (Å²) in [5.41, 5.74) is 0. The molecule has 0 fully saturated rings. The van der Waals surface area contributed by atoms with Crippen LogP contribution in [0.2, 0.25) is 0 Å². The molecular weight excluding hydrogens is 226 g/mol. The highest BCUT2D eigenvalue weighted by molar-refractivity contribution is 4.58. The second-order valence-electron chi connectivity index (χ2n) is 5.41. The molecule has 0 amide bonds. The fourth-order valence-electron chi connectivity index (χ4n) is 1.48. The minimum absolute atomic E-state index is 1.05. The van der Waals surface area contributed by atoms with Gasteiger partial charge in [-0.3, -0.25) is 0 Å². The first-order chi connectivity index (χ1) is 8.52. The van der Waals surface area contributed by atoms with Crippen LogP contribution < -0.4 is 10.6 Å². The zero-order valence-electron chi connectivity index (χ0n) is 13.0. The second kappa shape index (κ2) is 11.9. The van der Waals surface area contributed by atoms with Crippen LogP contribution in [0.1, 0.15) is 0 Å². The lowest BCUT2D eigenvalue weighted by atomic mass is 10.4. The van der Waals surface area contributed by atoms with Gasteiger partial charge in [0.25, 0.3) is 0 Å². The van der Waals surface area contributed by atoms with Gasteiger partial charge in [-0.2, -0.15) is 0 Å². The van der Waals surface area contributed by atoms with Crippen LogP contribution in [0.25, 0.3) is 0 Å². The Morgan fingerprint density at radius 2 is 1.06 bits per heavy atom. The number of hydrogen-bond donors (Lipinski definition) is 2. The lowest BCUT2D eigenvalue weighted by Crippen LogP contribution is -2.37. The minimum Gasteiger partial charge on any atom is -0.314 e. The highest BCUT2D eigenvalue weighted by atomic mass is 15.2. The summed E-state index contributed by atoms with van der Waals surface area (Å²) in [5.74, 6) is 0. The van der Waals surface area contributed by atoms with E-state index in [9.17, 15) is 0 Å². The van der Waals surface area contributed by atoms with Crippen molar-refractivity contribution in [1.82, 2.24) is 25.3 Å². The Morgan fingerprint density at radius 1 is 0.556 bits per heavy atom. The highest BCUT2D eigenvalue weighted by Crippen LogP contribution is 1.82. The van der Waals surface area contributed by atoms with E-state index < -0.39 is 0 Å². The summed E-state index contributed by atoms with van der Waals surface area (Å²) in [6, 6.07) is 0. The smallest absolute Gasteiger partial charge is 0.0107 e. The van der Waals surface area contributed by atoms with E-state index in [4.69, 9.17) is 0 Å². The first-order valence-corrected chi connectivity index (χ1v) is 6.92. The van der Waals surface area contributed by atoms with E-state index in [1.165, 1.54) is 0 Å². The van der Waals surface area contributed by atoms with Gasteiger partial charge in [0.15, 0.2) is 0 Å². The molecule has 0 aliphatic heterocycles. The molecule has 2 N–H and O–H groups in total. The molecule has 110 valence electrons. The molecule has 0 spiro atoms. The molecule has 0 unspecified atom stereocenters. The Labute approximate surface area is 113 Å². The SMILES string of the molecule is CN(C)CCNCCNCCN(C)CCN(C)C. The standard InChI is InChI=1S/C13H33N5/c1-16(2)10-8-14-6-7-15-9-11-18(5)13-12-17(3)4/h14-15H,6-13H2,1-5H3. The average Bonchev–Trinajstić information content (AvgIpc) is 2.29. The predicted octanol–water partition coefficient (Wildman–Crippen LogP) is -0.779. The first kappa shape index (κ1) is 17.8. The molecule has 0 aromatic heterocycles. The maximum Gasteiger partial charge on any atom is 0.0107 e. The number of nitrogens with zero attached hydrogens (tertiary/aromatic N) is 3. The zero-order valence-corrected chi connectivity index (χ0v) is 13.0. The van der Waals surface area contributed by atoms with Gasteiger partial charge in [0.2, 0.25) is 0 Å². The van der Waals surface area contributed by atoms with E-state index in [0.29, 0.717) is 0 Å². The van der Waals surface area contributed by atoms with Crippen molar-refractivity contribution < 1.29 is 0 Å². The van der Waals surface area contributed by atoms with Crippen LogP contribution in [0.15, 0.2) is 0 Å². The number of nitrogens with one attached hydrogen (secondary N) is 2. The third-order valence-electron chi connectivity index (χ3n) is 2.81. The van der Waals surface area contributed by atoms with Gasteiger partial charge in [-0.1, -0.05) is 0 Å². The van der Waals surface area contributed by atoms with Gasteiger partial charge in [-0.05, 0) is 35.2 Å². The normalized spacial score (nSPS) is 12.0. The Kier molecular flexibility index (Phi) is 11.7. The van der Waals surface area contributed by atoms with E-state index in [-0.39, 0.29) is 0 Å². The van der Waals surface area contributed by atoms with E-state index in [0.717, 1.165) is 52.4 Å². The van der Waals surface area contributed by atoms with Crippen molar-refractivity contribution in [2.75, 3.05) is 87.6 Å². The summed E-state index contributed by atoms with van der Waals surface area (Å²) >= 11 is 0. The van der Waals surface area contributed by atoms with Gasteiger partial charge in [0.1, 0.15) is 0 Å². The van der Waals surface area contributed by atoms with Crippen molar-refractivity contribution in [2.24, 2.45) is 0 Å². The van der Waals surface area contributed by atoms with Crippen LogP contribution in [0.5, 0.6) is 0 Å². The maximum atomic E-state index is 3.46. The Bertz CT molecular complexity index is 173. The highest BCUT2D eigenvalue weighted by Gasteiger charge is 1.98. The molecule has 0 bridgehead atoms. The third-order valence-corrected chi connectivity index (χ3v) is 2.81. The molecule has 5 nitrogen and oxygen atoms in total. The van der Waals surface area contributed by atoms with Crippen LogP contribution in [-0.2, 0) is 0 Å². The minimum atomic E-state index is 1.05. The Hall–Kier alpha value is -0.200. The lowest BCUT2D eigenvalue weighted by molar-refractivity contribution is 0.281. The quantitative estimate of drug-likeness (QED) is 0.450. The third kappa shape index (κ3) is 13.9. The largest absolute Gasteiger partial charge is 0.314 e. The van der Waals surface area contributed by atoms with E-state index >= 15 is 0 Å². The van der Waals surface area contributed by atoms with Crippen molar-refractivity contribution in [3.63, 3.8) is 0 Å². The van der Waals surface area contributed by atoms with Gasteiger partial charge in [0.05, 0.1) is 0 Å². The van der Waals surface area contributed by atoms with Crippen LogP contribution in [0.4, 0.5) is 0 Å². The fraction of sp³-hybridized carbons (Fsp3) is 1.00. The van der Waals surface area contributed by atoms with Crippen molar-refractivity contribution in [3.05, 3.63) is 0 Å². The number of rotatable bonds is 12. The summed E-state index contributed by atoms with van der Waals surface area (Å²) in [6.45, 7) is 8.72. The molecular formula is C13H33N5. The van der Waals surface area contributed by atoms with Gasteiger partial charge >= 0.3 is 0 Å².